The Morgan fingerprint density at radius 3 is 2.50 bits per heavy atom. The number of thiophene rings is 1. The van der Waals surface area contributed by atoms with Crippen LogP contribution in [0.5, 0.6) is 5.75 Å². The molecule has 0 aliphatic carbocycles. The van der Waals surface area contributed by atoms with Gasteiger partial charge in [0.25, 0.3) is 0 Å². The molecule has 20 heavy (non-hydrogen) atoms. The Balaban J connectivity index is 2.25. The maximum absolute atomic E-state index is 6.20. The van der Waals surface area contributed by atoms with Gasteiger partial charge in [0.05, 0.1) is 10.0 Å². The van der Waals surface area contributed by atoms with Crippen LogP contribution in [-0.2, 0) is 0 Å². The van der Waals surface area contributed by atoms with Crippen molar-refractivity contribution < 1.29 is 4.74 Å². The molecule has 2 N–H and O–H groups in total. The third kappa shape index (κ3) is 3.67. The Bertz CT molecular complexity index is 585. The van der Waals surface area contributed by atoms with Gasteiger partial charge in [-0.05, 0) is 37.6 Å². The third-order valence-corrected chi connectivity index (χ3v) is 4.86. The van der Waals surface area contributed by atoms with Crippen molar-refractivity contribution in [2.24, 2.45) is 5.73 Å². The molecule has 0 fully saturated rings. The van der Waals surface area contributed by atoms with E-state index in [2.05, 4.69) is 26.0 Å². The van der Waals surface area contributed by atoms with Gasteiger partial charge in [-0.25, -0.2) is 0 Å². The van der Waals surface area contributed by atoms with Crippen molar-refractivity contribution in [2.45, 2.75) is 32.4 Å². The summed E-state index contributed by atoms with van der Waals surface area (Å²) in [6.45, 7) is 4.12. The molecule has 2 aromatic rings. The van der Waals surface area contributed by atoms with Gasteiger partial charge in [0.1, 0.15) is 11.9 Å². The van der Waals surface area contributed by atoms with E-state index in [0.29, 0.717) is 15.8 Å². The lowest BCUT2D eigenvalue weighted by Gasteiger charge is -2.23. The molecule has 2 unspecified atom stereocenters. The molecule has 0 amide bonds. The lowest BCUT2D eigenvalue weighted by atomic mass is 10.1. The monoisotopic (exact) mass is 329 g/mol. The zero-order valence-electron chi connectivity index (χ0n) is 11.4. The Hall–Kier alpha value is -0.740. The van der Waals surface area contributed by atoms with Crippen LogP contribution in [0, 0.1) is 6.92 Å². The largest absolute Gasteiger partial charge is 0.483 e. The summed E-state index contributed by atoms with van der Waals surface area (Å²) in [5.41, 5.74) is 6.20. The summed E-state index contributed by atoms with van der Waals surface area (Å²) in [5.74, 6) is 0.680. The number of rotatable bonds is 5. The molecule has 1 heterocycles. The second kappa shape index (κ2) is 6.81. The van der Waals surface area contributed by atoms with Gasteiger partial charge < -0.3 is 10.5 Å². The summed E-state index contributed by atoms with van der Waals surface area (Å²) in [6, 6.07) is 9.34. The lowest BCUT2D eigenvalue weighted by Crippen LogP contribution is -2.30. The van der Waals surface area contributed by atoms with Crippen molar-refractivity contribution in [2.75, 3.05) is 0 Å². The Morgan fingerprint density at radius 2 is 1.95 bits per heavy atom. The zero-order valence-corrected chi connectivity index (χ0v) is 13.7. The van der Waals surface area contributed by atoms with E-state index < -0.39 is 0 Å². The maximum atomic E-state index is 6.20. The maximum Gasteiger partial charge on any atom is 0.148 e. The van der Waals surface area contributed by atoms with Crippen LogP contribution in [0.25, 0.3) is 0 Å². The van der Waals surface area contributed by atoms with Crippen LogP contribution in [0.1, 0.15) is 29.2 Å². The fourth-order valence-corrected chi connectivity index (χ4v) is 3.14. The minimum Gasteiger partial charge on any atom is -0.483 e. The molecular weight excluding hydrogens is 313 g/mol. The van der Waals surface area contributed by atoms with Crippen LogP contribution in [-0.4, -0.2) is 6.04 Å². The molecule has 0 aliphatic rings. The summed E-state index contributed by atoms with van der Waals surface area (Å²) in [6.07, 6.45) is 0.666. The van der Waals surface area contributed by atoms with Crippen molar-refractivity contribution in [3.05, 3.63) is 50.1 Å². The summed E-state index contributed by atoms with van der Waals surface area (Å²) in [7, 11) is 0. The number of benzene rings is 1. The van der Waals surface area contributed by atoms with E-state index >= 15 is 0 Å². The Kier molecular flexibility index (Phi) is 5.33. The van der Waals surface area contributed by atoms with Crippen molar-refractivity contribution in [3.8, 4) is 5.75 Å². The van der Waals surface area contributed by atoms with Crippen molar-refractivity contribution in [1.29, 1.82) is 0 Å². The van der Waals surface area contributed by atoms with Crippen molar-refractivity contribution in [3.63, 3.8) is 0 Å². The van der Waals surface area contributed by atoms with Crippen LogP contribution < -0.4 is 10.5 Å². The predicted molar refractivity (Wildman–Crippen MR) is 87.2 cm³/mol. The molecule has 2 rings (SSSR count). The van der Waals surface area contributed by atoms with E-state index in [9.17, 15) is 0 Å². The van der Waals surface area contributed by atoms with E-state index in [-0.39, 0.29) is 12.1 Å². The van der Waals surface area contributed by atoms with Gasteiger partial charge >= 0.3 is 0 Å². The summed E-state index contributed by atoms with van der Waals surface area (Å²) in [5, 5.41) is 0.998. The first-order valence-corrected chi connectivity index (χ1v) is 8.02. The van der Waals surface area contributed by atoms with Gasteiger partial charge in [-0.2, -0.15) is 0 Å². The van der Waals surface area contributed by atoms with E-state index in [1.165, 1.54) is 4.88 Å². The second-order valence-corrected chi connectivity index (χ2v) is 6.77. The Labute approximate surface area is 133 Å². The van der Waals surface area contributed by atoms with E-state index in [1.807, 2.05) is 6.07 Å². The van der Waals surface area contributed by atoms with Crippen molar-refractivity contribution in [1.82, 2.24) is 0 Å². The van der Waals surface area contributed by atoms with E-state index in [4.69, 9.17) is 33.7 Å². The molecule has 1 aromatic carbocycles. The number of hydrogen-bond donors (Lipinski definition) is 1. The first kappa shape index (κ1) is 15.6. The average molecular weight is 330 g/mol. The van der Waals surface area contributed by atoms with Gasteiger partial charge in [0, 0.05) is 21.9 Å². The minimum absolute atomic E-state index is 0.0671. The van der Waals surface area contributed by atoms with Crippen LogP contribution in [0.2, 0.25) is 10.0 Å². The van der Waals surface area contributed by atoms with Crippen LogP contribution in [0.3, 0.4) is 0 Å². The second-order valence-electron chi connectivity index (χ2n) is 4.63. The van der Waals surface area contributed by atoms with Gasteiger partial charge in [-0.3, -0.25) is 0 Å². The van der Waals surface area contributed by atoms with Gasteiger partial charge in [0.2, 0.25) is 0 Å². The van der Waals surface area contributed by atoms with Crippen LogP contribution >= 0.6 is 34.5 Å². The average Bonchev–Trinajstić information content (AvgIpc) is 2.85. The first-order valence-electron chi connectivity index (χ1n) is 6.45. The molecule has 0 bridgehead atoms. The minimum atomic E-state index is -0.170. The molecule has 0 aliphatic heterocycles. The van der Waals surface area contributed by atoms with E-state index in [1.54, 1.807) is 23.5 Å². The highest BCUT2D eigenvalue weighted by molar-refractivity contribution is 7.12. The molecule has 2 atom stereocenters. The van der Waals surface area contributed by atoms with Gasteiger partial charge in [0.15, 0.2) is 0 Å². The molecule has 0 saturated heterocycles. The third-order valence-electron chi connectivity index (χ3n) is 3.06. The highest BCUT2D eigenvalue weighted by Gasteiger charge is 2.22. The SMILES string of the molecule is CCC(N)C(Oc1ccc(Cl)c(Cl)c1)c1ccc(C)s1. The fourth-order valence-electron chi connectivity index (χ4n) is 1.87. The number of nitrogens with two attached hydrogens (primary N) is 1. The number of ether oxygens (including phenoxy) is 1. The molecule has 0 radical (unpaired) electrons. The zero-order chi connectivity index (χ0) is 14.7. The number of aryl methyl sites for hydroxylation is 1. The molecule has 108 valence electrons. The molecule has 5 heteroatoms. The highest BCUT2D eigenvalue weighted by atomic mass is 35.5. The van der Waals surface area contributed by atoms with Gasteiger partial charge in [-0.1, -0.05) is 30.1 Å². The van der Waals surface area contributed by atoms with Crippen LogP contribution in [0.15, 0.2) is 30.3 Å². The topological polar surface area (TPSA) is 35.2 Å². The van der Waals surface area contributed by atoms with E-state index in [0.717, 1.165) is 11.3 Å². The van der Waals surface area contributed by atoms with Crippen LogP contribution in [0.4, 0.5) is 0 Å². The van der Waals surface area contributed by atoms with Gasteiger partial charge in [-0.15, -0.1) is 11.3 Å². The molecule has 1 aromatic heterocycles. The lowest BCUT2D eigenvalue weighted by molar-refractivity contribution is 0.174. The first-order chi connectivity index (χ1) is 9.51. The Morgan fingerprint density at radius 1 is 1.20 bits per heavy atom. The predicted octanol–water partition coefficient (Wildman–Crippen LogP) is 5.22. The van der Waals surface area contributed by atoms with Crippen molar-refractivity contribution >= 4 is 34.5 Å². The summed E-state index contributed by atoms with van der Waals surface area (Å²) in [4.78, 5) is 2.37. The molecule has 0 saturated carbocycles. The number of halogens is 2. The standard InChI is InChI=1S/C15H17Cl2NOS/c1-3-13(18)15(14-7-4-9(2)20-14)19-10-5-6-11(16)12(17)8-10/h4-8,13,15H,3,18H2,1-2H3. The molecule has 2 nitrogen and oxygen atoms in total. The fraction of sp³-hybridized carbons (Fsp3) is 0.333. The molecular formula is C15H17Cl2NOS. The normalized spacial score (nSPS) is 14.1. The summed E-state index contributed by atoms with van der Waals surface area (Å²) >= 11 is 13.6. The number of hydrogen-bond acceptors (Lipinski definition) is 3. The summed E-state index contributed by atoms with van der Waals surface area (Å²) < 4.78 is 6.04. The quantitative estimate of drug-likeness (QED) is 0.815. The molecule has 0 spiro atoms. The highest BCUT2D eigenvalue weighted by Crippen LogP contribution is 2.33. The smallest absolute Gasteiger partial charge is 0.148 e.